The van der Waals surface area contributed by atoms with Gasteiger partial charge in [-0.2, -0.15) is 13.2 Å². The normalized spacial score (nSPS) is 13.4. The second-order valence-electron chi connectivity index (χ2n) is 3.12. The quantitative estimate of drug-likeness (QED) is 0.442. The highest BCUT2D eigenvalue weighted by Gasteiger charge is 2.37. The molecule has 0 bridgehead atoms. The van der Waals surface area contributed by atoms with Gasteiger partial charge in [0.25, 0.3) is 0 Å². The van der Waals surface area contributed by atoms with Gasteiger partial charge >= 0.3 is 12.1 Å². The molecule has 0 aliphatic rings. The number of halogens is 3. The van der Waals surface area contributed by atoms with Crippen LogP contribution in [0.2, 0.25) is 0 Å². The third-order valence-corrected chi connectivity index (χ3v) is 1.58. The van der Waals surface area contributed by atoms with E-state index in [4.69, 9.17) is 5.11 Å². The zero-order valence-corrected chi connectivity index (χ0v) is 8.30. The molecule has 0 heterocycles. The molecule has 0 aromatic rings. The van der Waals surface area contributed by atoms with E-state index >= 15 is 0 Å². The Morgan fingerprint density at radius 2 is 2.07 bits per heavy atom. The van der Waals surface area contributed by atoms with Crippen molar-refractivity contribution in [2.45, 2.75) is 32.0 Å². The molecule has 0 aliphatic carbocycles. The maximum absolute atomic E-state index is 11.8. The Labute approximate surface area is 85.5 Å². The van der Waals surface area contributed by atoms with Crippen LogP contribution in [0.25, 0.3) is 0 Å². The molecule has 1 N–H and O–H groups in total. The van der Waals surface area contributed by atoms with Gasteiger partial charge in [-0.05, 0) is 19.8 Å². The van der Waals surface area contributed by atoms with Crippen molar-refractivity contribution in [2.24, 2.45) is 0 Å². The van der Waals surface area contributed by atoms with E-state index in [0.29, 0.717) is 0 Å². The van der Waals surface area contributed by atoms with Crippen LogP contribution in [-0.2, 0) is 9.53 Å². The summed E-state index contributed by atoms with van der Waals surface area (Å²) in [5, 5.41) is 8.58. The first-order chi connectivity index (χ1) is 6.75. The number of alkyl halides is 3. The molecule has 0 saturated carbocycles. The number of rotatable bonds is 5. The Hall–Kier alpha value is -1.04. The van der Waals surface area contributed by atoms with Crippen LogP contribution in [0.1, 0.15) is 19.8 Å². The molecule has 15 heavy (non-hydrogen) atoms. The fourth-order valence-corrected chi connectivity index (χ4v) is 0.728. The number of hydrogen-bond donors (Lipinski definition) is 1. The van der Waals surface area contributed by atoms with E-state index in [1.54, 1.807) is 0 Å². The molecule has 0 aliphatic heterocycles. The van der Waals surface area contributed by atoms with Crippen LogP contribution in [0.15, 0.2) is 12.2 Å². The van der Waals surface area contributed by atoms with E-state index in [-0.39, 0.29) is 18.6 Å². The van der Waals surface area contributed by atoms with Gasteiger partial charge in [-0.1, -0.05) is 6.58 Å². The minimum absolute atomic E-state index is 0.0420. The lowest BCUT2D eigenvalue weighted by Gasteiger charge is -2.13. The van der Waals surface area contributed by atoms with Gasteiger partial charge in [0.1, 0.15) is 6.10 Å². The topological polar surface area (TPSA) is 46.5 Å². The van der Waals surface area contributed by atoms with E-state index in [0.717, 1.165) is 0 Å². The van der Waals surface area contributed by atoms with Crippen molar-refractivity contribution < 1.29 is 27.8 Å². The number of esters is 1. The highest BCUT2D eigenvalue weighted by atomic mass is 19.4. The lowest BCUT2D eigenvalue weighted by molar-refractivity contribution is -0.206. The van der Waals surface area contributed by atoms with Crippen molar-refractivity contribution in [1.82, 2.24) is 0 Å². The predicted molar refractivity (Wildman–Crippen MR) is 47.1 cm³/mol. The van der Waals surface area contributed by atoms with Crippen molar-refractivity contribution >= 4 is 5.97 Å². The van der Waals surface area contributed by atoms with Gasteiger partial charge in [0.15, 0.2) is 0 Å². The summed E-state index contributed by atoms with van der Waals surface area (Å²) in [6, 6.07) is 0. The van der Waals surface area contributed by atoms with Gasteiger partial charge in [-0.3, -0.25) is 0 Å². The highest BCUT2D eigenvalue weighted by Crippen LogP contribution is 2.22. The molecule has 0 aromatic heterocycles. The minimum atomic E-state index is -4.61. The van der Waals surface area contributed by atoms with Crippen molar-refractivity contribution in [1.29, 1.82) is 0 Å². The summed E-state index contributed by atoms with van der Waals surface area (Å²) >= 11 is 0. The smallest absolute Gasteiger partial charge is 0.414 e. The highest BCUT2D eigenvalue weighted by molar-refractivity contribution is 5.86. The summed E-state index contributed by atoms with van der Waals surface area (Å²) in [4.78, 5) is 10.8. The number of ether oxygens (including phenoxy) is 1. The summed E-state index contributed by atoms with van der Waals surface area (Å²) in [5.74, 6) is -0.642. The Morgan fingerprint density at radius 1 is 1.53 bits per heavy atom. The first-order valence-electron chi connectivity index (χ1n) is 4.32. The van der Waals surface area contributed by atoms with Crippen LogP contribution in [0, 0.1) is 0 Å². The van der Waals surface area contributed by atoms with Gasteiger partial charge in [0.2, 0.25) is 0 Å². The van der Waals surface area contributed by atoms with E-state index < -0.39 is 24.7 Å². The van der Waals surface area contributed by atoms with Crippen molar-refractivity contribution in [2.75, 3.05) is 6.61 Å². The van der Waals surface area contributed by atoms with Crippen LogP contribution in [-0.4, -0.2) is 30.0 Å². The fraction of sp³-hybridized carbons (Fsp3) is 0.667. The molecule has 88 valence electrons. The second kappa shape index (κ2) is 5.75. The maximum Gasteiger partial charge on any atom is 0.414 e. The number of aliphatic hydroxyl groups is 1. The average molecular weight is 226 g/mol. The van der Waals surface area contributed by atoms with Gasteiger partial charge < -0.3 is 9.84 Å². The summed E-state index contributed by atoms with van der Waals surface area (Å²) in [7, 11) is 0. The maximum atomic E-state index is 11.8. The van der Waals surface area contributed by atoms with Gasteiger partial charge in [0.05, 0.1) is 6.61 Å². The third-order valence-electron chi connectivity index (χ3n) is 1.58. The Kier molecular flexibility index (Phi) is 5.35. The molecule has 6 heteroatoms. The van der Waals surface area contributed by atoms with Gasteiger partial charge in [-0.25, -0.2) is 4.79 Å². The monoisotopic (exact) mass is 226 g/mol. The van der Waals surface area contributed by atoms with Crippen LogP contribution >= 0.6 is 0 Å². The van der Waals surface area contributed by atoms with Crippen LogP contribution < -0.4 is 0 Å². The first-order valence-corrected chi connectivity index (χ1v) is 4.32. The Bertz CT molecular complexity index is 235. The summed E-state index contributed by atoms with van der Waals surface area (Å²) in [5.41, 5.74) is 0.186. The lowest BCUT2D eigenvalue weighted by atomic mass is 10.2. The van der Waals surface area contributed by atoms with Gasteiger partial charge in [-0.15, -0.1) is 0 Å². The predicted octanol–water partition coefficient (Wildman–Crippen LogP) is 1.81. The molecule has 0 spiro atoms. The number of aliphatic hydroxyl groups excluding tert-OH is 1. The summed E-state index contributed by atoms with van der Waals surface area (Å²) in [6.07, 6.45) is -7.49. The average Bonchev–Trinajstić information content (AvgIpc) is 2.09. The van der Waals surface area contributed by atoms with E-state index in [1.807, 2.05) is 0 Å². The van der Waals surface area contributed by atoms with E-state index in [1.165, 1.54) is 6.92 Å². The minimum Gasteiger partial charge on any atom is -0.462 e. The SMILES string of the molecule is C=C(C)C(=O)OCCCC(O)C(F)(F)F. The van der Waals surface area contributed by atoms with Crippen LogP contribution in [0.4, 0.5) is 13.2 Å². The molecule has 0 saturated heterocycles. The molecule has 0 radical (unpaired) electrons. The Morgan fingerprint density at radius 3 is 2.47 bits per heavy atom. The summed E-state index contributed by atoms with van der Waals surface area (Å²) in [6.45, 7) is 4.59. The van der Waals surface area contributed by atoms with Crippen molar-refractivity contribution in [3.63, 3.8) is 0 Å². The van der Waals surface area contributed by atoms with Crippen LogP contribution in [0.3, 0.4) is 0 Å². The molecule has 0 amide bonds. The fourth-order valence-electron chi connectivity index (χ4n) is 0.728. The molecule has 0 rings (SSSR count). The van der Waals surface area contributed by atoms with Crippen molar-refractivity contribution in [3.05, 3.63) is 12.2 Å². The molecular formula is C9H13F3O3. The molecule has 1 unspecified atom stereocenters. The third kappa shape index (κ3) is 6.11. The molecular weight excluding hydrogens is 213 g/mol. The number of carbonyl (C=O) groups is 1. The van der Waals surface area contributed by atoms with E-state index in [2.05, 4.69) is 11.3 Å². The zero-order valence-electron chi connectivity index (χ0n) is 8.30. The zero-order chi connectivity index (χ0) is 12.1. The van der Waals surface area contributed by atoms with Crippen molar-refractivity contribution in [3.8, 4) is 0 Å². The first kappa shape index (κ1) is 14.0. The largest absolute Gasteiger partial charge is 0.462 e. The molecule has 0 aromatic carbocycles. The number of hydrogen-bond acceptors (Lipinski definition) is 3. The molecule has 1 atom stereocenters. The Balaban J connectivity index is 3.64. The molecule has 3 nitrogen and oxygen atoms in total. The molecule has 0 fully saturated rings. The van der Waals surface area contributed by atoms with Crippen LogP contribution in [0.5, 0.6) is 0 Å². The summed E-state index contributed by atoms with van der Waals surface area (Å²) < 4.78 is 39.9. The van der Waals surface area contributed by atoms with E-state index in [9.17, 15) is 18.0 Å². The van der Waals surface area contributed by atoms with Gasteiger partial charge in [0, 0.05) is 5.57 Å². The standard InChI is InChI=1S/C9H13F3O3/c1-6(2)8(14)15-5-3-4-7(13)9(10,11)12/h7,13H,1,3-5H2,2H3. The second-order valence-corrected chi connectivity index (χ2v) is 3.12. The number of carbonyl (C=O) groups excluding carboxylic acids is 1. The lowest BCUT2D eigenvalue weighted by Crippen LogP contribution is -2.28.